The number of aromatic nitrogens is 2. The van der Waals surface area contributed by atoms with Crippen molar-refractivity contribution >= 4 is 30.9 Å². The normalized spacial score (nSPS) is 19.0. The monoisotopic (exact) mass is 976 g/mol. The number of rotatable bonds is 16. The lowest BCUT2D eigenvalue weighted by Gasteiger charge is -2.43. The van der Waals surface area contributed by atoms with Gasteiger partial charge in [0.2, 0.25) is 0 Å². The van der Waals surface area contributed by atoms with E-state index in [9.17, 15) is 19.2 Å². The molecule has 0 saturated carbocycles. The van der Waals surface area contributed by atoms with Gasteiger partial charge in [-0.1, -0.05) is 160 Å². The Morgan fingerprint density at radius 3 is 2.01 bits per heavy atom. The number of carbonyl (C=O) groups excluding carboxylic acids is 2. The van der Waals surface area contributed by atoms with Crippen LogP contribution in [0.2, 0.25) is 5.04 Å². The third-order valence-corrected chi connectivity index (χ3v) is 19.3. The van der Waals surface area contributed by atoms with Crippen molar-refractivity contribution in [2.45, 2.75) is 95.4 Å². The Labute approximate surface area is 416 Å². The number of amides is 1. The number of H-pyrrole nitrogens is 1. The van der Waals surface area contributed by atoms with Crippen LogP contribution in [0.1, 0.15) is 80.9 Å². The Morgan fingerprint density at radius 2 is 1.38 bits per heavy atom. The predicted octanol–water partition coefficient (Wildman–Crippen LogP) is 8.54. The second-order valence-electron chi connectivity index (χ2n) is 19.9. The van der Waals surface area contributed by atoms with E-state index in [0.717, 1.165) is 35.2 Å². The number of likely N-dealkylation sites (tertiary alicyclic amines) is 1. The summed E-state index contributed by atoms with van der Waals surface area (Å²) in [6.07, 6.45) is 0.555. The number of nitrogens with zero attached hydrogens (tertiary/aromatic N) is 3. The maximum atomic E-state index is 14.0. The molecule has 3 heterocycles. The fraction of sp³-hybridized carbons (Fsp3) is 0.368. The molecular formula is C57H64N4O9Si. The SMILES string of the molecule is Cc1cn([C@H]2C[C@H](OC(=O)OCCN(Cc3ccccc3)CC3CCCCN3C(=O)OCC3c4ccccc4-c4ccccc43)[C@@H](CO[Si](c3ccccc3)(c3ccccc3)C(C)(C)C)O2)c(=O)[nH]c1=O. The van der Waals surface area contributed by atoms with Crippen molar-refractivity contribution in [1.29, 1.82) is 0 Å². The van der Waals surface area contributed by atoms with Gasteiger partial charge in [-0.3, -0.25) is 19.2 Å². The number of carbonyl (C=O) groups is 2. The van der Waals surface area contributed by atoms with Gasteiger partial charge in [-0.2, -0.15) is 0 Å². The van der Waals surface area contributed by atoms with Gasteiger partial charge < -0.3 is 28.3 Å². The number of aromatic amines is 1. The highest BCUT2D eigenvalue weighted by atomic mass is 28.4. The third kappa shape index (κ3) is 10.9. The maximum Gasteiger partial charge on any atom is 0.508 e. The molecule has 3 aliphatic rings. The number of nitrogens with one attached hydrogen (secondary N) is 1. The molecule has 0 spiro atoms. The van der Waals surface area contributed by atoms with Crippen LogP contribution in [-0.4, -0.2) is 97.6 Å². The van der Waals surface area contributed by atoms with Crippen molar-refractivity contribution in [1.82, 2.24) is 19.4 Å². The quantitative estimate of drug-likeness (QED) is 0.0741. The number of benzene rings is 5. The van der Waals surface area contributed by atoms with Crippen molar-refractivity contribution in [3.05, 3.63) is 189 Å². The van der Waals surface area contributed by atoms with Gasteiger partial charge in [0, 0.05) is 56.3 Å². The summed E-state index contributed by atoms with van der Waals surface area (Å²) in [5.41, 5.74) is 5.01. The number of piperidine rings is 1. The number of fused-ring (bicyclic) bond motifs is 3. The van der Waals surface area contributed by atoms with Crippen molar-refractivity contribution in [3.8, 4) is 11.1 Å². The molecule has 2 saturated heterocycles. The van der Waals surface area contributed by atoms with E-state index in [4.69, 9.17) is 23.4 Å². The highest BCUT2D eigenvalue weighted by Crippen LogP contribution is 2.45. The molecule has 1 amide bonds. The number of aryl methyl sites for hydroxylation is 1. The highest BCUT2D eigenvalue weighted by Gasteiger charge is 2.52. The van der Waals surface area contributed by atoms with E-state index >= 15 is 0 Å². The van der Waals surface area contributed by atoms with E-state index in [1.54, 1.807) is 6.92 Å². The lowest BCUT2D eigenvalue weighted by Crippen LogP contribution is -2.67. The van der Waals surface area contributed by atoms with Gasteiger partial charge in [0.25, 0.3) is 13.9 Å². The van der Waals surface area contributed by atoms with Gasteiger partial charge in [0.15, 0.2) is 0 Å². The standard InChI is InChI=1S/C57H64N4O9Si/c1-40-35-61(54(63)58-53(40)62)52-34-50(51(69-52)39-68-71(57(2,3)4,43-23-10-6-11-24-43)44-25-12-7-13-26-44)70-56(65)66-33-32-59(36-41-20-8-5-9-21-41)37-42-22-18-19-31-60(42)55(64)67-38-49-47-29-16-14-27-45(47)46-28-15-17-30-48(46)49/h5-17,20-21,23-30,35,42,49-52H,18-19,22,31-34,36-39H2,1-4H3,(H,58,62,63)/t42?,50-,51+,52+/m0/s1. The molecule has 4 atom stereocenters. The van der Waals surface area contributed by atoms with Crippen LogP contribution in [0, 0.1) is 6.92 Å². The smallest absolute Gasteiger partial charge is 0.448 e. The van der Waals surface area contributed by atoms with E-state index in [0.29, 0.717) is 31.7 Å². The van der Waals surface area contributed by atoms with Gasteiger partial charge in [-0.05, 0) is 69.4 Å². The zero-order valence-corrected chi connectivity index (χ0v) is 42.0. The number of hydrogen-bond acceptors (Lipinski definition) is 10. The first-order valence-electron chi connectivity index (χ1n) is 24.8. The largest absolute Gasteiger partial charge is 0.508 e. The van der Waals surface area contributed by atoms with Crippen molar-refractivity contribution in [3.63, 3.8) is 0 Å². The minimum Gasteiger partial charge on any atom is -0.448 e. The Hall–Kier alpha value is -6.58. The Balaban J connectivity index is 0.890. The molecular weight excluding hydrogens is 913 g/mol. The fourth-order valence-corrected chi connectivity index (χ4v) is 15.4. The molecule has 2 aliphatic heterocycles. The van der Waals surface area contributed by atoms with Crippen LogP contribution in [0.3, 0.4) is 0 Å². The van der Waals surface area contributed by atoms with Gasteiger partial charge >= 0.3 is 17.9 Å². The average Bonchev–Trinajstić information content (AvgIpc) is 3.93. The zero-order chi connectivity index (χ0) is 49.5. The Kier molecular flexibility index (Phi) is 15.2. The van der Waals surface area contributed by atoms with E-state index in [1.807, 2.05) is 83.8 Å². The molecule has 6 aromatic rings. The maximum absolute atomic E-state index is 14.0. The minimum atomic E-state index is -3.05. The van der Waals surface area contributed by atoms with Gasteiger partial charge in [-0.25, -0.2) is 14.4 Å². The first-order chi connectivity index (χ1) is 34.4. The van der Waals surface area contributed by atoms with Gasteiger partial charge in [-0.15, -0.1) is 0 Å². The van der Waals surface area contributed by atoms with Crippen molar-refractivity contribution in [2.24, 2.45) is 0 Å². The van der Waals surface area contributed by atoms with E-state index < -0.39 is 44.2 Å². The van der Waals surface area contributed by atoms with Crippen LogP contribution in [0.4, 0.5) is 9.59 Å². The average molecular weight is 977 g/mol. The molecule has 14 heteroatoms. The van der Waals surface area contributed by atoms with E-state index in [2.05, 4.69) is 91.3 Å². The van der Waals surface area contributed by atoms with Crippen LogP contribution in [0.15, 0.2) is 155 Å². The minimum absolute atomic E-state index is 0.0160. The summed E-state index contributed by atoms with van der Waals surface area (Å²) >= 11 is 0. The molecule has 2 fully saturated rings. The molecule has 1 aliphatic carbocycles. The molecule has 0 radical (unpaired) electrons. The topological polar surface area (TPSA) is 142 Å². The molecule has 5 aromatic carbocycles. The second-order valence-corrected chi connectivity index (χ2v) is 24.2. The molecule has 71 heavy (non-hydrogen) atoms. The van der Waals surface area contributed by atoms with Gasteiger partial charge in [0.05, 0.1) is 6.61 Å². The summed E-state index contributed by atoms with van der Waals surface area (Å²) in [5, 5.41) is 1.81. The van der Waals surface area contributed by atoms with Crippen LogP contribution in [0.5, 0.6) is 0 Å². The Bertz CT molecular complexity index is 2800. The lowest BCUT2D eigenvalue weighted by atomic mass is 9.98. The predicted molar refractivity (Wildman–Crippen MR) is 276 cm³/mol. The van der Waals surface area contributed by atoms with Crippen molar-refractivity contribution < 1.29 is 33.0 Å². The van der Waals surface area contributed by atoms with Crippen LogP contribution in [-0.2, 0) is 29.9 Å². The van der Waals surface area contributed by atoms with Crippen molar-refractivity contribution in [2.75, 3.05) is 39.5 Å². The van der Waals surface area contributed by atoms with E-state index in [-0.39, 0.29) is 49.3 Å². The van der Waals surface area contributed by atoms with Crippen LogP contribution in [0.25, 0.3) is 11.1 Å². The number of ether oxygens (including phenoxy) is 4. The molecule has 0 bridgehead atoms. The second kappa shape index (κ2) is 21.8. The molecule has 1 aromatic heterocycles. The fourth-order valence-electron chi connectivity index (χ4n) is 10.8. The molecule has 9 rings (SSSR count). The summed E-state index contributed by atoms with van der Waals surface area (Å²) in [6.45, 7) is 10.6. The van der Waals surface area contributed by atoms with Gasteiger partial charge in [0.1, 0.15) is 31.6 Å². The first kappa shape index (κ1) is 49.4. The molecule has 1 unspecified atom stereocenters. The van der Waals surface area contributed by atoms with Crippen LogP contribution < -0.4 is 21.6 Å². The first-order valence-corrected chi connectivity index (χ1v) is 26.7. The molecule has 13 nitrogen and oxygen atoms in total. The summed E-state index contributed by atoms with van der Waals surface area (Å²) in [6, 6.07) is 47.1. The molecule has 1 N–H and O–H groups in total. The summed E-state index contributed by atoms with van der Waals surface area (Å²) < 4.78 is 33.3. The van der Waals surface area contributed by atoms with E-state index in [1.165, 1.54) is 33.0 Å². The van der Waals surface area contributed by atoms with Crippen LogP contribution >= 0.6 is 0 Å². The summed E-state index contributed by atoms with van der Waals surface area (Å²) in [4.78, 5) is 59.9. The zero-order valence-electron chi connectivity index (χ0n) is 41.0. The third-order valence-electron chi connectivity index (χ3n) is 14.3. The summed E-state index contributed by atoms with van der Waals surface area (Å²) in [7, 11) is -3.05. The highest BCUT2D eigenvalue weighted by molar-refractivity contribution is 6.99. The summed E-state index contributed by atoms with van der Waals surface area (Å²) in [5.74, 6) is -0.0380. The Morgan fingerprint density at radius 1 is 0.775 bits per heavy atom. The lowest BCUT2D eigenvalue weighted by molar-refractivity contribution is -0.0554. The molecule has 370 valence electrons. The number of hydrogen-bond donors (Lipinski definition) is 1.